The van der Waals surface area contributed by atoms with Gasteiger partial charge >= 0.3 is 0 Å². The van der Waals surface area contributed by atoms with Gasteiger partial charge in [-0.1, -0.05) is 20.3 Å². The van der Waals surface area contributed by atoms with Gasteiger partial charge in [0.1, 0.15) is 0 Å². The molecule has 13 heavy (non-hydrogen) atoms. The lowest BCUT2D eigenvalue weighted by Crippen LogP contribution is -2.35. The molecule has 2 atom stereocenters. The molecule has 0 amide bonds. The van der Waals surface area contributed by atoms with Crippen LogP contribution in [-0.2, 0) is 0 Å². The molecule has 0 saturated carbocycles. The predicted octanol–water partition coefficient (Wildman–Crippen LogP) is 1.74. The largest absolute Gasteiger partial charge is 0.395 e. The predicted molar refractivity (Wildman–Crippen MR) is 61.3 cm³/mol. The fraction of sp³-hybridized carbons (Fsp3) is 1.00. The molecule has 0 aromatic heterocycles. The Kier molecular flexibility index (Phi) is 9.03. The van der Waals surface area contributed by atoms with Crippen molar-refractivity contribution in [3.8, 4) is 0 Å². The van der Waals surface area contributed by atoms with Crippen molar-refractivity contribution in [2.45, 2.75) is 32.7 Å². The van der Waals surface area contributed by atoms with E-state index in [0.29, 0.717) is 12.0 Å². The molecule has 0 aliphatic heterocycles. The minimum absolute atomic E-state index is 0.261. The second-order valence-corrected chi connectivity index (χ2v) is 4.57. The normalized spacial score (nSPS) is 15.7. The summed E-state index contributed by atoms with van der Waals surface area (Å²) in [4.78, 5) is 0. The van der Waals surface area contributed by atoms with Crippen molar-refractivity contribution in [3.63, 3.8) is 0 Å². The summed E-state index contributed by atoms with van der Waals surface area (Å²) >= 11 is 1.83. The van der Waals surface area contributed by atoms with Crippen LogP contribution in [0.15, 0.2) is 0 Å². The molecule has 0 aromatic rings. The van der Waals surface area contributed by atoms with Gasteiger partial charge in [-0.25, -0.2) is 0 Å². The van der Waals surface area contributed by atoms with E-state index in [1.54, 1.807) is 0 Å². The van der Waals surface area contributed by atoms with Crippen molar-refractivity contribution in [1.29, 1.82) is 0 Å². The van der Waals surface area contributed by atoms with Crippen LogP contribution in [0.2, 0.25) is 0 Å². The van der Waals surface area contributed by atoms with Crippen molar-refractivity contribution >= 4 is 11.8 Å². The average Bonchev–Trinajstić information content (AvgIpc) is 2.17. The Bertz CT molecular complexity index is 111. The Morgan fingerprint density at radius 2 is 2.15 bits per heavy atom. The Balaban J connectivity index is 3.46. The highest BCUT2D eigenvalue weighted by atomic mass is 32.2. The Labute approximate surface area is 86.5 Å². The van der Waals surface area contributed by atoms with Crippen LogP contribution in [0.3, 0.4) is 0 Å². The number of hydrogen-bond acceptors (Lipinski definition) is 3. The van der Waals surface area contributed by atoms with Gasteiger partial charge in [0, 0.05) is 6.04 Å². The summed E-state index contributed by atoms with van der Waals surface area (Å²) < 4.78 is 0. The zero-order valence-corrected chi connectivity index (χ0v) is 9.86. The first-order valence-electron chi connectivity index (χ1n) is 5.07. The third-order valence-electron chi connectivity index (χ3n) is 2.34. The van der Waals surface area contributed by atoms with Gasteiger partial charge in [-0.05, 0) is 30.9 Å². The van der Waals surface area contributed by atoms with Crippen LogP contribution in [0, 0.1) is 5.92 Å². The molecular formula is C10H23NOS. The molecule has 0 fully saturated rings. The minimum Gasteiger partial charge on any atom is -0.395 e. The number of nitrogens with one attached hydrogen (secondary N) is 1. The first-order chi connectivity index (χ1) is 6.24. The van der Waals surface area contributed by atoms with Crippen LogP contribution >= 0.6 is 11.8 Å². The molecule has 0 aliphatic rings. The van der Waals surface area contributed by atoms with Crippen molar-refractivity contribution in [1.82, 2.24) is 5.32 Å². The van der Waals surface area contributed by atoms with Gasteiger partial charge in [0.15, 0.2) is 0 Å². The molecule has 0 radical (unpaired) electrons. The smallest absolute Gasteiger partial charge is 0.0584 e. The van der Waals surface area contributed by atoms with E-state index in [0.717, 1.165) is 18.7 Å². The molecular weight excluding hydrogens is 182 g/mol. The van der Waals surface area contributed by atoms with Crippen molar-refractivity contribution in [3.05, 3.63) is 0 Å². The quantitative estimate of drug-likeness (QED) is 0.633. The van der Waals surface area contributed by atoms with E-state index in [1.807, 2.05) is 11.8 Å². The third kappa shape index (κ3) is 7.35. The molecule has 0 saturated heterocycles. The standard InChI is InChI=1S/C10H23NOS/c1-4-9(2)7-11-10(8-12)5-6-13-3/h9-12H,4-8H2,1-3H3. The molecule has 0 aliphatic carbocycles. The maximum Gasteiger partial charge on any atom is 0.0584 e. The molecule has 80 valence electrons. The molecule has 2 unspecified atom stereocenters. The Morgan fingerprint density at radius 3 is 2.62 bits per heavy atom. The summed E-state index contributed by atoms with van der Waals surface area (Å²) in [6, 6.07) is 0.293. The lowest BCUT2D eigenvalue weighted by molar-refractivity contribution is 0.235. The Hall–Kier alpha value is 0.270. The lowest BCUT2D eigenvalue weighted by Gasteiger charge is -2.18. The zero-order valence-electron chi connectivity index (χ0n) is 9.05. The average molecular weight is 205 g/mol. The summed E-state index contributed by atoms with van der Waals surface area (Å²) in [5.74, 6) is 1.84. The SMILES string of the molecule is CCC(C)CNC(CO)CCSC. The molecule has 0 spiro atoms. The molecule has 2 nitrogen and oxygen atoms in total. The van der Waals surface area contributed by atoms with Gasteiger partial charge < -0.3 is 10.4 Å². The molecule has 0 rings (SSSR count). The number of hydrogen-bond donors (Lipinski definition) is 2. The number of thioether (sulfide) groups is 1. The van der Waals surface area contributed by atoms with E-state index >= 15 is 0 Å². The molecule has 2 N–H and O–H groups in total. The highest BCUT2D eigenvalue weighted by Gasteiger charge is 2.07. The summed E-state index contributed by atoms with van der Waals surface area (Å²) in [5.41, 5.74) is 0. The monoisotopic (exact) mass is 205 g/mol. The number of aliphatic hydroxyl groups excluding tert-OH is 1. The highest BCUT2D eigenvalue weighted by molar-refractivity contribution is 7.98. The van der Waals surface area contributed by atoms with Crippen LogP contribution in [-0.4, -0.2) is 36.3 Å². The first-order valence-corrected chi connectivity index (χ1v) is 6.47. The topological polar surface area (TPSA) is 32.3 Å². The lowest BCUT2D eigenvalue weighted by atomic mass is 10.1. The van der Waals surface area contributed by atoms with E-state index in [-0.39, 0.29) is 6.61 Å². The van der Waals surface area contributed by atoms with E-state index in [4.69, 9.17) is 5.11 Å². The van der Waals surface area contributed by atoms with Gasteiger partial charge in [-0.3, -0.25) is 0 Å². The van der Waals surface area contributed by atoms with Crippen molar-refractivity contribution in [2.75, 3.05) is 25.2 Å². The van der Waals surface area contributed by atoms with Crippen molar-refractivity contribution < 1.29 is 5.11 Å². The first kappa shape index (κ1) is 13.3. The number of aliphatic hydroxyl groups is 1. The maximum atomic E-state index is 9.07. The molecule has 0 bridgehead atoms. The molecule has 0 aromatic carbocycles. The van der Waals surface area contributed by atoms with Crippen LogP contribution in [0.1, 0.15) is 26.7 Å². The fourth-order valence-electron chi connectivity index (χ4n) is 1.03. The Morgan fingerprint density at radius 1 is 1.46 bits per heavy atom. The van der Waals surface area contributed by atoms with Gasteiger partial charge in [-0.15, -0.1) is 0 Å². The van der Waals surface area contributed by atoms with Gasteiger partial charge in [0.05, 0.1) is 6.61 Å². The van der Waals surface area contributed by atoms with E-state index in [2.05, 4.69) is 25.4 Å². The van der Waals surface area contributed by atoms with E-state index < -0.39 is 0 Å². The van der Waals surface area contributed by atoms with Crippen molar-refractivity contribution in [2.24, 2.45) is 5.92 Å². The second-order valence-electron chi connectivity index (χ2n) is 3.58. The number of rotatable bonds is 8. The van der Waals surface area contributed by atoms with Crippen LogP contribution < -0.4 is 5.32 Å². The summed E-state index contributed by atoms with van der Waals surface area (Å²) in [6.07, 6.45) is 4.37. The minimum atomic E-state index is 0.261. The highest BCUT2D eigenvalue weighted by Crippen LogP contribution is 2.02. The second kappa shape index (κ2) is 8.85. The molecule has 0 heterocycles. The van der Waals surface area contributed by atoms with Crippen LogP contribution in [0.5, 0.6) is 0 Å². The maximum absolute atomic E-state index is 9.07. The third-order valence-corrected chi connectivity index (χ3v) is 2.99. The summed E-state index contributed by atoms with van der Waals surface area (Å²) in [6.45, 7) is 5.71. The van der Waals surface area contributed by atoms with E-state index in [1.165, 1.54) is 6.42 Å². The van der Waals surface area contributed by atoms with Gasteiger partial charge in [0.2, 0.25) is 0 Å². The van der Waals surface area contributed by atoms with Crippen LogP contribution in [0.4, 0.5) is 0 Å². The summed E-state index contributed by atoms with van der Waals surface area (Å²) in [5, 5.41) is 12.5. The summed E-state index contributed by atoms with van der Waals surface area (Å²) in [7, 11) is 0. The fourth-order valence-corrected chi connectivity index (χ4v) is 1.55. The molecule has 3 heteroatoms. The van der Waals surface area contributed by atoms with Gasteiger partial charge in [0.25, 0.3) is 0 Å². The van der Waals surface area contributed by atoms with Crippen LogP contribution in [0.25, 0.3) is 0 Å². The van der Waals surface area contributed by atoms with Gasteiger partial charge in [-0.2, -0.15) is 11.8 Å². The zero-order chi connectivity index (χ0) is 10.1. The van der Waals surface area contributed by atoms with E-state index in [9.17, 15) is 0 Å².